The van der Waals surface area contributed by atoms with Crippen molar-refractivity contribution in [2.24, 2.45) is 0 Å². The number of nitrogens with zero attached hydrogens (tertiary/aromatic N) is 3. The van der Waals surface area contributed by atoms with Gasteiger partial charge in [-0.1, -0.05) is 18.2 Å². The second kappa shape index (κ2) is 3.45. The highest BCUT2D eigenvalue weighted by atomic mass is 127. The number of hydrogen-bond donors (Lipinski definition) is 2. The van der Waals surface area contributed by atoms with Crippen LogP contribution in [-0.4, -0.2) is 14.9 Å². The van der Waals surface area contributed by atoms with Crippen molar-refractivity contribution in [3.05, 3.63) is 27.8 Å². The maximum absolute atomic E-state index is 5.67. The minimum absolute atomic E-state index is 0.208. The summed E-state index contributed by atoms with van der Waals surface area (Å²) in [4.78, 5) is 0. The van der Waals surface area contributed by atoms with Gasteiger partial charge in [-0.25, -0.2) is 4.68 Å². The number of aromatic nitrogens is 3. The first-order valence-corrected chi connectivity index (χ1v) is 4.99. The van der Waals surface area contributed by atoms with E-state index in [9.17, 15) is 0 Å². The first-order chi connectivity index (χ1) is 6.70. The van der Waals surface area contributed by atoms with Crippen molar-refractivity contribution in [2.75, 3.05) is 11.6 Å². The van der Waals surface area contributed by atoms with Gasteiger partial charge in [0.25, 0.3) is 0 Å². The van der Waals surface area contributed by atoms with Gasteiger partial charge in [0, 0.05) is 9.13 Å². The topological polar surface area (TPSA) is 82.8 Å². The van der Waals surface area contributed by atoms with Crippen LogP contribution in [0.25, 0.3) is 11.4 Å². The number of benzene rings is 1. The molecule has 0 aliphatic carbocycles. The molecule has 0 unspecified atom stereocenters. The lowest BCUT2D eigenvalue weighted by Gasteiger charge is -2.02. The molecule has 0 spiro atoms. The zero-order valence-corrected chi connectivity index (χ0v) is 9.34. The number of nitrogens with two attached hydrogens (primary N) is 2. The number of halogens is 1. The van der Waals surface area contributed by atoms with Gasteiger partial charge in [0.2, 0.25) is 5.95 Å². The molecule has 1 aromatic heterocycles. The fraction of sp³-hybridized carbons (Fsp3) is 0. The van der Waals surface area contributed by atoms with Crippen LogP contribution in [-0.2, 0) is 0 Å². The molecule has 14 heavy (non-hydrogen) atoms. The van der Waals surface area contributed by atoms with Crippen LogP contribution < -0.4 is 11.6 Å². The van der Waals surface area contributed by atoms with Crippen LogP contribution >= 0.6 is 22.6 Å². The van der Waals surface area contributed by atoms with E-state index in [1.165, 1.54) is 4.68 Å². The van der Waals surface area contributed by atoms with Gasteiger partial charge in [-0.15, -0.1) is 10.2 Å². The zero-order valence-electron chi connectivity index (χ0n) is 7.18. The summed E-state index contributed by atoms with van der Waals surface area (Å²) in [6, 6.07) is 7.77. The molecule has 0 fully saturated rings. The molecule has 0 atom stereocenters. The van der Waals surface area contributed by atoms with E-state index in [-0.39, 0.29) is 5.95 Å². The van der Waals surface area contributed by atoms with E-state index in [4.69, 9.17) is 11.6 Å². The van der Waals surface area contributed by atoms with Crippen molar-refractivity contribution < 1.29 is 0 Å². The second-order valence-electron chi connectivity index (χ2n) is 2.73. The Labute approximate surface area is 94.2 Å². The van der Waals surface area contributed by atoms with Gasteiger partial charge < -0.3 is 11.6 Å². The minimum Gasteiger partial charge on any atom is -0.366 e. The first-order valence-electron chi connectivity index (χ1n) is 3.91. The smallest absolute Gasteiger partial charge is 0.241 e. The molecule has 0 bridgehead atoms. The normalized spacial score (nSPS) is 10.4. The molecule has 2 rings (SSSR count). The summed E-state index contributed by atoms with van der Waals surface area (Å²) in [5.74, 6) is 6.45. The lowest BCUT2D eigenvalue weighted by atomic mass is 10.2. The Hall–Kier alpha value is -1.31. The predicted molar refractivity (Wildman–Crippen MR) is 62.7 cm³/mol. The molecule has 0 amide bonds. The number of rotatable bonds is 1. The monoisotopic (exact) mass is 301 g/mol. The Bertz CT molecular complexity index is 465. The maximum atomic E-state index is 5.67. The molecule has 1 aromatic carbocycles. The van der Waals surface area contributed by atoms with Crippen molar-refractivity contribution in [3.63, 3.8) is 0 Å². The molecule has 0 aliphatic heterocycles. The van der Waals surface area contributed by atoms with E-state index < -0.39 is 0 Å². The van der Waals surface area contributed by atoms with Gasteiger partial charge in [0.05, 0.1) is 0 Å². The maximum Gasteiger partial charge on any atom is 0.241 e. The molecule has 1 heterocycles. The van der Waals surface area contributed by atoms with E-state index >= 15 is 0 Å². The van der Waals surface area contributed by atoms with Gasteiger partial charge in [-0.2, -0.15) is 0 Å². The number of nitrogen functional groups attached to an aromatic ring is 2. The third kappa shape index (κ3) is 1.41. The summed E-state index contributed by atoms with van der Waals surface area (Å²) in [5.41, 5.74) is 6.42. The van der Waals surface area contributed by atoms with Crippen LogP contribution in [0.1, 0.15) is 0 Å². The van der Waals surface area contributed by atoms with Crippen molar-refractivity contribution in [2.45, 2.75) is 0 Å². The van der Waals surface area contributed by atoms with Gasteiger partial charge in [-0.05, 0) is 28.7 Å². The highest BCUT2D eigenvalue weighted by Gasteiger charge is 2.10. The van der Waals surface area contributed by atoms with Crippen LogP contribution in [0.15, 0.2) is 24.3 Å². The third-order valence-corrected chi connectivity index (χ3v) is 2.78. The fourth-order valence-corrected chi connectivity index (χ4v) is 1.76. The third-order valence-electron chi connectivity index (χ3n) is 1.84. The summed E-state index contributed by atoms with van der Waals surface area (Å²) in [5, 5.41) is 7.60. The van der Waals surface area contributed by atoms with Crippen LogP contribution in [0.4, 0.5) is 5.95 Å². The molecule has 0 radical (unpaired) electrons. The predicted octanol–water partition coefficient (Wildman–Crippen LogP) is 0.846. The molecule has 4 N–H and O–H groups in total. The Morgan fingerprint density at radius 3 is 2.50 bits per heavy atom. The van der Waals surface area contributed by atoms with Gasteiger partial charge >= 0.3 is 0 Å². The average molecular weight is 301 g/mol. The Morgan fingerprint density at radius 1 is 1.21 bits per heavy atom. The van der Waals surface area contributed by atoms with Crippen LogP contribution in [0.2, 0.25) is 0 Å². The Morgan fingerprint density at radius 2 is 1.93 bits per heavy atom. The lowest BCUT2D eigenvalue weighted by molar-refractivity contribution is 1.02. The van der Waals surface area contributed by atoms with Crippen LogP contribution in [0, 0.1) is 3.57 Å². The minimum atomic E-state index is 0.208. The van der Waals surface area contributed by atoms with E-state index in [1.807, 2.05) is 24.3 Å². The highest BCUT2D eigenvalue weighted by molar-refractivity contribution is 14.1. The number of hydrogen-bond acceptors (Lipinski definition) is 4. The van der Waals surface area contributed by atoms with Gasteiger partial charge in [-0.3, -0.25) is 0 Å². The molecule has 2 aromatic rings. The fourth-order valence-electron chi connectivity index (χ4n) is 1.13. The molecular formula is C8H8IN5. The van der Waals surface area contributed by atoms with Crippen LogP contribution in [0.5, 0.6) is 0 Å². The van der Waals surface area contributed by atoms with Crippen molar-refractivity contribution in [1.29, 1.82) is 0 Å². The Kier molecular flexibility index (Phi) is 2.28. The van der Waals surface area contributed by atoms with Crippen LogP contribution in [0.3, 0.4) is 0 Å². The molecule has 72 valence electrons. The van der Waals surface area contributed by atoms with Crippen molar-refractivity contribution >= 4 is 28.5 Å². The lowest BCUT2D eigenvalue weighted by Crippen LogP contribution is -2.13. The van der Waals surface area contributed by atoms with Gasteiger partial charge in [0.15, 0.2) is 5.82 Å². The quantitative estimate of drug-likeness (QED) is 0.604. The van der Waals surface area contributed by atoms with E-state index in [2.05, 4.69) is 32.8 Å². The number of anilines is 1. The molecule has 6 heteroatoms. The summed E-state index contributed by atoms with van der Waals surface area (Å²) in [6.45, 7) is 0. The second-order valence-corrected chi connectivity index (χ2v) is 3.89. The zero-order chi connectivity index (χ0) is 10.1. The van der Waals surface area contributed by atoms with Crippen molar-refractivity contribution in [1.82, 2.24) is 14.9 Å². The summed E-state index contributed by atoms with van der Waals surface area (Å²) < 4.78 is 2.33. The Balaban J connectivity index is 2.60. The summed E-state index contributed by atoms with van der Waals surface area (Å²) in [6.07, 6.45) is 0. The van der Waals surface area contributed by atoms with E-state index in [1.54, 1.807) is 0 Å². The SMILES string of the molecule is Nc1nnc(-c2ccccc2I)n1N. The molecule has 0 saturated carbocycles. The highest BCUT2D eigenvalue weighted by Crippen LogP contribution is 2.22. The largest absolute Gasteiger partial charge is 0.366 e. The van der Waals surface area contributed by atoms with E-state index in [0.717, 1.165) is 9.13 Å². The standard InChI is InChI=1S/C8H8IN5/c9-6-4-2-1-3-5(6)7-12-13-8(10)14(7)11/h1-4H,11H2,(H2,10,13). The molecule has 0 saturated heterocycles. The first kappa shape index (κ1) is 9.25. The summed E-state index contributed by atoms with van der Waals surface area (Å²) >= 11 is 2.21. The molecule has 0 aliphatic rings. The summed E-state index contributed by atoms with van der Waals surface area (Å²) in [7, 11) is 0. The van der Waals surface area contributed by atoms with E-state index in [0.29, 0.717) is 5.82 Å². The van der Waals surface area contributed by atoms with Gasteiger partial charge in [0.1, 0.15) is 0 Å². The molecular weight excluding hydrogens is 293 g/mol. The average Bonchev–Trinajstić information content (AvgIpc) is 2.49. The van der Waals surface area contributed by atoms with Crippen molar-refractivity contribution in [3.8, 4) is 11.4 Å². The molecule has 5 nitrogen and oxygen atoms in total.